The van der Waals surface area contributed by atoms with Gasteiger partial charge in [0.1, 0.15) is 0 Å². The molecular formula is C12H11F2N. The van der Waals surface area contributed by atoms with Crippen LogP contribution in [0.3, 0.4) is 0 Å². The van der Waals surface area contributed by atoms with Crippen LogP contribution in [-0.4, -0.2) is 4.98 Å². The van der Waals surface area contributed by atoms with Gasteiger partial charge in [0.2, 0.25) is 0 Å². The summed E-state index contributed by atoms with van der Waals surface area (Å²) in [5.41, 5.74) is 2.45. The lowest BCUT2D eigenvalue weighted by molar-refractivity contribution is 0.515. The summed E-state index contributed by atoms with van der Waals surface area (Å²) in [6.07, 6.45) is 2.32. The van der Waals surface area contributed by atoms with Gasteiger partial charge in [-0.05, 0) is 43.4 Å². The van der Waals surface area contributed by atoms with Crippen molar-refractivity contribution in [3.63, 3.8) is 0 Å². The van der Waals surface area contributed by atoms with E-state index >= 15 is 0 Å². The van der Waals surface area contributed by atoms with Gasteiger partial charge >= 0.3 is 0 Å². The van der Waals surface area contributed by atoms with Gasteiger partial charge in [-0.15, -0.1) is 0 Å². The molecule has 15 heavy (non-hydrogen) atoms. The van der Waals surface area contributed by atoms with E-state index in [0.29, 0.717) is 11.4 Å². The Kier molecular flexibility index (Phi) is 1.67. The summed E-state index contributed by atoms with van der Waals surface area (Å²) in [5.74, 6) is -1.00. The Labute approximate surface area is 86.1 Å². The van der Waals surface area contributed by atoms with Crippen LogP contribution in [0.2, 0.25) is 0 Å². The van der Waals surface area contributed by atoms with Crippen molar-refractivity contribution in [1.82, 2.24) is 4.98 Å². The van der Waals surface area contributed by atoms with E-state index in [1.807, 2.05) is 6.92 Å². The molecule has 1 nitrogen and oxygen atoms in total. The van der Waals surface area contributed by atoms with E-state index in [1.54, 1.807) is 6.07 Å². The monoisotopic (exact) mass is 207 g/mol. The summed E-state index contributed by atoms with van der Waals surface area (Å²) in [6, 6.07) is 2.88. The Hall–Kier alpha value is -1.38. The van der Waals surface area contributed by atoms with Crippen LogP contribution in [0.4, 0.5) is 8.78 Å². The fourth-order valence-corrected chi connectivity index (χ4v) is 2.25. The molecular weight excluding hydrogens is 196 g/mol. The highest BCUT2D eigenvalue weighted by atomic mass is 19.2. The highest BCUT2D eigenvalue weighted by Gasteiger charge is 2.29. The van der Waals surface area contributed by atoms with E-state index in [9.17, 15) is 8.78 Å². The van der Waals surface area contributed by atoms with Crippen molar-refractivity contribution < 1.29 is 8.78 Å². The second-order valence-corrected chi connectivity index (χ2v) is 4.22. The molecule has 2 aromatic rings. The zero-order valence-electron chi connectivity index (χ0n) is 8.40. The predicted octanol–water partition coefficient (Wildman–Crippen LogP) is 3.63. The van der Waals surface area contributed by atoms with E-state index in [4.69, 9.17) is 0 Å². The average molecular weight is 207 g/mol. The van der Waals surface area contributed by atoms with Crippen LogP contribution < -0.4 is 0 Å². The number of benzene rings is 1. The van der Waals surface area contributed by atoms with Gasteiger partial charge in [-0.25, -0.2) is 8.78 Å². The van der Waals surface area contributed by atoms with Crippen LogP contribution in [0.5, 0.6) is 0 Å². The maximum absolute atomic E-state index is 13.5. The van der Waals surface area contributed by atoms with Crippen molar-refractivity contribution in [1.29, 1.82) is 0 Å². The minimum atomic E-state index is -0.786. The summed E-state index contributed by atoms with van der Waals surface area (Å²) < 4.78 is 26.5. The molecule has 1 fully saturated rings. The molecule has 0 amide bonds. The molecule has 1 heterocycles. The molecule has 1 saturated carbocycles. The number of aromatic amines is 1. The summed E-state index contributed by atoms with van der Waals surface area (Å²) in [4.78, 5) is 2.94. The summed E-state index contributed by atoms with van der Waals surface area (Å²) >= 11 is 0. The van der Waals surface area contributed by atoms with Gasteiger partial charge < -0.3 is 4.98 Å². The average Bonchev–Trinajstić information content (AvgIpc) is 2.97. The van der Waals surface area contributed by atoms with E-state index in [1.165, 1.54) is 11.6 Å². The summed E-state index contributed by atoms with van der Waals surface area (Å²) in [6.45, 7) is 1.92. The van der Waals surface area contributed by atoms with E-state index in [0.717, 1.165) is 23.9 Å². The third-order valence-corrected chi connectivity index (χ3v) is 3.09. The first-order chi connectivity index (χ1) is 7.18. The van der Waals surface area contributed by atoms with Gasteiger partial charge in [-0.1, -0.05) is 0 Å². The molecule has 3 rings (SSSR count). The van der Waals surface area contributed by atoms with Crippen LogP contribution in [-0.2, 0) is 0 Å². The maximum Gasteiger partial charge on any atom is 0.182 e. The molecule has 0 radical (unpaired) electrons. The van der Waals surface area contributed by atoms with Crippen molar-refractivity contribution in [3.8, 4) is 0 Å². The SMILES string of the molecule is Cc1[nH]c2c(F)c(F)ccc2c1C1CC1. The van der Waals surface area contributed by atoms with Crippen LogP contribution in [0.15, 0.2) is 12.1 Å². The molecule has 0 atom stereocenters. The number of nitrogens with one attached hydrogen (secondary N) is 1. The second-order valence-electron chi connectivity index (χ2n) is 4.22. The van der Waals surface area contributed by atoms with E-state index in [2.05, 4.69) is 4.98 Å². The third-order valence-electron chi connectivity index (χ3n) is 3.09. The smallest absolute Gasteiger partial charge is 0.182 e. The van der Waals surface area contributed by atoms with Crippen molar-refractivity contribution in [2.24, 2.45) is 0 Å². The number of hydrogen-bond donors (Lipinski definition) is 1. The van der Waals surface area contributed by atoms with Gasteiger partial charge in [0.25, 0.3) is 0 Å². The Morgan fingerprint density at radius 2 is 2.00 bits per heavy atom. The largest absolute Gasteiger partial charge is 0.356 e. The number of H-pyrrole nitrogens is 1. The number of aryl methyl sites for hydroxylation is 1. The first-order valence-electron chi connectivity index (χ1n) is 5.14. The quantitative estimate of drug-likeness (QED) is 0.734. The van der Waals surface area contributed by atoms with Crippen LogP contribution in [0, 0.1) is 18.6 Å². The van der Waals surface area contributed by atoms with Gasteiger partial charge in [0.15, 0.2) is 11.6 Å². The maximum atomic E-state index is 13.5. The van der Waals surface area contributed by atoms with Gasteiger partial charge in [-0.2, -0.15) is 0 Å². The zero-order valence-corrected chi connectivity index (χ0v) is 8.40. The molecule has 1 aromatic heterocycles. The third kappa shape index (κ3) is 1.19. The lowest BCUT2D eigenvalue weighted by Crippen LogP contribution is -1.85. The molecule has 78 valence electrons. The number of aromatic nitrogens is 1. The Bertz CT molecular complexity index is 538. The van der Waals surface area contributed by atoms with Crippen molar-refractivity contribution >= 4 is 10.9 Å². The highest BCUT2D eigenvalue weighted by Crippen LogP contribution is 2.45. The molecule has 3 heteroatoms. The Morgan fingerprint density at radius 3 is 2.67 bits per heavy atom. The minimum Gasteiger partial charge on any atom is -0.356 e. The number of hydrogen-bond acceptors (Lipinski definition) is 0. The second kappa shape index (κ2) is 2.81. The topological polar surface area (TPSA) is 15.8 Å². The molecule has 0 saturated heterocycles. The van der Waals surface area contributed by atoms with Crippen LogP contribution in [0.1, 0.15) is 30.0 Å². The van der Waals surface area contributed by atoms with Crippen molar-refractivity contribution in [2.75, 3.05) is 0 Å². The molecule has 1 aromatic carbocycles. The molecule has 1 aliphatic rings. The lowest BCUT2D eigenvalue weighted by Gasteiger charge is -1.97. The molecule has 0 spiro atoms. The number of fused-ring (bicyclic) bond motifs is 1. The molecule has 0 aliphatic heterocycles. The molecule has 0 bridgehead atoms. The van der Waals surface area contributed by atoms with E-state index in [-0.39, 0.29) is 0 Å². The predicted molar refractivity (Wildman–Crippen MR) is 54.9 cm³/mol. The fourth-order valence-electron chi connectivity index (χ4n) is 2.25. The minimum absolute atomic E-state index is 0.314. The van der Waals surface area contributed by atoms with Crippen LogP contribution >= 0.6 is 0 Å². The van der Waals surface area contributed by atoms with Crippen molar-refractivity contribution in [2.45, 2.75) is 25.7 Å². The summed E-state index contributed by atoms with van der Waals surface area (Å²) in [5, 5.41) is 0.842. The standard InChI is InChI=1S/C12H11F2N/c1-6-10(7-2-3-7)8-4-5-9(13)11(14)12(8)15-6/h4-5,7,15H,2-3H2,1H3. The first-order valence-corrected chi connectivity index (χ1v) is 5.14. The Morgan fingerprint density at radius 1 is 1.27 bits per heavy atom. The number of rotatable bonds is 1. The Balaban J connectivity index is 2.37. The van der Waals surface area contributed by atoms with Crippen LogP contribution in [0.25, 0.3) is 10.9 Å². The summed E-state index contributed by atoms with van der Waals surface area (Å²) in [7, 11) is 0. The molecule has 1 N–H and O–H groups in total. The lowest BCUT2D eigenvalue weighted by atomic mass is 10.1. The molecule has 1 aliphatic carbocycles. The van der Waals surface area contributed by atoms with Gasteiger partial charge in [0.05, 0.1) is 5.52 Å². The number of halogens is 2. The zero-order chi connectivity index (χ0) is 10.6. The highest BCUT2D eigenvalue weighted by molar-refractivity contribution is 5.86. The van der Waals surface area contributed by atoms with Crippen molar-refractivity contribution in [3.05, 3.63) is 35.0 Å². The fraction of sp³-hybridized carbons (Fsp3) is 0.333. The molecule has 0 unspecified atom stereocenters. The van der Waals surface area contributed by atoms with Gasteiger partial charge in [0, 0.05) is 11.1 Å². The van der Waals surface area contributed by atoms with Gasteiger partial charge in [-0.3, -0.25) is 0 Å². The first kappa shape index (κ1) is 8.89. The van der Waals surface area contributed by atoms with E-state index < -0.39 is 11.6 Å². The normalized spacial score (nSPS) is 16.2.